The summed E-state index contributed by atoms with van der Waals surface area (Å²) in [5.74, 6) is 0. The van der Waals surface area contributed by atoms with Gasteiger partial charge in [0.1, 0.15) is 0 Å². The van der Waals surface area contributed by atoms with Crippen molar-refractivity contribution in [3.05, 3.63) is 29.3 Å². The molecule has 0 spiro atoms. The minimum Gasteiger partial charge on any atom is -0.317 e. The maximum atomic E-state index is 11.1. The zero-order valence-corrected chi connectivity index (χ0v) is 8.87. The Hall–Kier alpha value is -0.960. The summed E-state index contributed by atoms with van der Waals surface area (Å²) in [7, 11) is 0. The molecule has 0 radical (unpaired) electrons. The van der Waals surface area contributed by atoms with Crippen LogP contribution < -0.4 is 5.32 Å². The molecule has 0 saturated carbocycles. The number of anilines is 1. The third-order valence-electron chi connectivity index (χ3n) is 1.80. The van der Waals surface area contributed by atoms with Crippen LogP contribution in [0.15, 0.2) is 18.2 Å². The molecule has 0 aliphatic carbocycles. The van der Waals surface area contributed by atoms with Crippen LogP contribution in [0.3, 0.4) is 0 Å². The van der Waals surface area contributed by atoms with Gasteiger partial charge >= 0.3 is 0 Å². The van der Waals surface area contributed by atoms with Gasteiger partial charge in [0.15, 0.2) is 0 Å². The molecule has 1 rings (SSSR count). The number of aryl methyl sites for hydroxylation is 2. The molecule has 0 atom stereocenters. The van der Waals surface area contributed by atoms with Gasteiger partial charge in [-0.1, -0.05) is 29.5 Å². The first kappa shape index (κ1) is 10.1. The van der Waals surface area contributed by atoms with E-state index in [1.165, 1.54) is 17.3 Å². The molecule has 0 unspecified atom stereocenters. The Morgan fingerprint density at radius 1 is 1.38 bits per heavy atom. The van der Waals surface area contributed by atoms with E-state index in [2.05, 4.69) is 11.4 Å². The van der Waals surface area contributed by atoms with E-state index in [4.69, 9.17) is 0 Å². The van der Waals surface area contributed by atoms with Gasteiger partial charge in [0, 0.05) is 5.69 Å². The van der Waals surface area contributed by atoms with Crippen LogP contribution >= 0.6 is 11.8 Å². The topological polar surface area (TPSA) is 29.1 Å². The third-order valence-corrected chi connectivity index (χ3v) is 2.28. The molecule has 70 valence electrons. The van der Waals surface area contributed by atoms with E-state index in [0.29, 0.717) is 0 Å². The van der Waals surface area contributed by atoms with Crippen molar-refractivity contribution in [3.63, 3.8) is 0 Å². The fraction of sp³-hybridized carbons (Fsp3) is 0.300. The molecule has 0 fully saturated rings. The summed E-state index contributed by atoms with van der Waals surface area (Å²) in [6, 6.07) is 5.97. The Bertz CT molecular complexity index is 323. The Morgan fingerprint density at radius 2 is 2.08 bits per heavy atom. The second-order valence-corrected chi connectivity index (χ2v) is 3.71. The Labute approximate surface area is 82.7 Å². The van der Waals surface area contributed by atoms with Gasteiger partial charge in [-0.05, 0) is 31.7 Å². The molecule has 1 amide bonds. The van der Waals surface area contributed by atoms with Crippen LogP contribution in [0.5, 0.6) is 0 Å². The first-order valence-electron chi connectivity index (χ1n) is 4.05. The molecule has 0 heterocycles. The SMILES string of the molecule is CSC(=O)Nc1ccc(C)cc1C. The fourth-order valence-corrected chi connectivity index (χ4v) is 1.33. The van der Waals surface area contributed by atoms with Crippen LogP contribution in [0.2, 0.25) is 0 Å². The van der Waals surface area contributed by atoms with Crippen molar-refractivity contribution in [1.29, 1.82) is 0 Å². The number of benzene rings is 1. The van der Waals surface area contributed by atoms with Crippen LogP contribution in [0, 0.1) is 13.8 Å². The molecule has 1 N–H and O–H groups in total. The van der Waals surface area contributed by atoms with E-state index in [9.17, 15) is 4.79 Å². The van der Waals surface area contributed by atoms with Gasteiger partial charge in [0.25, 0.3) is 5.24 Å². The highest BCUT2D eigenvalue weighted by Crippen LogP contribution is 2.17. The van der Waals surface area contributed by atoms with Crippen molar-refractivity contribution in [3.8, 4) is 0 Å². The lowest BCUT2D eigenvalue weighted by Crippen LogP contribution is -2.05. The van der Waals surface area contributed by atoms with E-state index in [1.54, 1.807) is 6.26 Å². The molecule has 0 aliphatic heterocycles. The lowest BCUT2D eigenvalue weighted by Gasteiger charge is -2.07. The number of amides is 1. The molecule has 0 saturated heterocycles. The van der Waals surface area contributed by atoms with E-state index < -0.39 is 0 Å². The number of hydrogen-bond donors (Lipinski definition) is 1. The van der Waals surface area contributed by atoms with Crippen LogP contribution in [0.4, 0.5) is 10.5 Å². The van der Waals surface area contributed by atoms with E-state index >= 15 is 0 Å². The summed E-state index contributed by atoms with van der Waals surface area (Å²) in [5.41, 5.74) is 3.20. The van der Waals surface area contributed by atoms with Crippen LogP contribution in [-0.4, -0.2) is 11.5 Å². The van der Waals surface area contributed by atoms with E-state index in [1.807, 2.05) is 26.0 Å². The van der Waals surface area contributed by atoms with Gasteiger partial charge in [-0.2, -0.15) is 0 Å². The zero-order chi connectivity index (χ0) is 9.84. The van der Waals surface area contributed by atoms with E-state index in [0.717, 1.165) is 11.3 Å². The Morgan fingerprint density at radius 3 is 2.62 bits per heavy atom. The highest BCUT2D eigenvalue weighted by molar-refractivity contribution is 8.13. The molecule has 1 aromatic carbocycles. The van der Waals surface area contributed by atoms with Crippen LogP contribution in [0.25, 0.3) is 0 Å². The van der Waals surface area contributed by atoms with E-state index in [-0.39, 0.29) is 5.24 Å². The molecule has 1 aromatic rings. The normalized spacial score (nSPS) is 9.77. The minimum atomic E-state index is -0.0213. The van der Waals surface area contributed by atoms with Crippen molar-refractivity contribution in [2.45, 2.75) is 13.8 Å². The van der Waals surface area contributed by atoms with Crippen molar-refractivity contribution >= 4 is 22.7 Å². The first-order valence-corrected chi connectivity index (χ1v) is 5.28. The summed E-state index contributed by atoms with van der Waals surface area (Å²) in [6.07, 6.45) is 1.76. The summed E-state index contributed by atoms with van der Waals surface area (Å²) < 4.78 is 0. The van der Waals surface area contributed by atoms with Gasteiger partial charge < -0.3 is 5.32 Å². The van der Waals surface area contributed by atoms with Gasteiger partial charge in [0.2, 0.25) is 0 Å². The number of carbonyl (C=O) groups excluding carboxylic acids is 1. The number of rotatable bonds is 1. The lowest BCUT2D eigenvalue weighted by atomic mass is 10.1. The smallest absolute Gasteiger partial charge is 0.283 e. The maximum absolute atomic E-state index is 11.1. The number of thioether (sulfide) groups is 1. The Balaban J connectivity index is 2.83. The summed E-state index contributed by atoms with van der Waals surface area (Å²) >= 11 is 1.18. The Kier molecular flexibility index (Phi) is 3.37. The largest absolute Gasteiger partial charge is 0.317 e. The molecular formula is C10H13NOS. The molecular weight excluding hydrogens is 182 g/mol. The first-order chi connectivity index (χ1) is 6.13. The molecule has 0 bridgehead atoms. The molecule has 2 nitrogen and oxygen atoms in total. The van der Waals surface area contributed by atoms with Crippen LogP contribution in [-0.2, 0) is 0 Å². The van der Waals surface area contributed by atoms with Crippen molar-refractivity contribution in [2.24, 2.45) is 0 Å². The average molecular weight is 195 g/mol. The van der Waals surface area contributed by atoms with Crippen molar-refractivity contribution < 1.29 is 4.79 Å². The summed E-state index contributed by atoms with van der Waals surface area (Å²) in [6.45, 7) is 4.02. The maximum Gasteiger partial charge on any atom is 0.283 e. The predicted octanol–water partition coefficient (Wildman–Crippen LogP) is 3.20. The number of hydrogen-bond acceptors (Lipinski definition) is 2. The lowest BCUT2D eigenvalue weighted by molar-refractivity contribution is 0.270. The zero-order valence-electron chi connectivity index (χ0n) is 8.05. The highest BCUT2D eigenvalue weighted by Gasteiger charge is 2.01. The number of carbonyl (C=O) groups is 1. The molecule has 3 heteroatoms. The predicted molar refractivity (Wildman–Crippen MR) is 58.4 cm³/mol. The second kappa shape index (κ2) is 4.33. The molecule has 13 heavy (non-hydrogen) atoms. The van der Waals surface area contributed by atoms with Crippen molar-refractivity contribution in [1.82, 2.24) is 0 Å². The summed E-state index contributed by atoms with van der Waals surface area (Å²) in [5, 5.41) is 2.79. The van der Waals surface area contributed by atoms with Crippen LogP contribution in [0.1, 0.15) is 11.1 Å². The van der Waals surface area contributed by atoms with Gasteiger partial charge in [-0.25, -0.2) is 0 Å². The number of nitrogens with one attached hydrogen (secondary N) is 1. The quantitative estimate of drug-likeness (QED) is 0.745. The van der Waals surface area contributed by atoms with Crippen molar-refractivity contribution in [2.75, 3.05) is 11.6 Å². The standard InChI is InChI=1S/C10H13NOS/c1-7-4-5-9(8(2)6-7)11-10(12)13-3/h4-6H,1-3H3,(H,11,12). The summed E-state index contributed by atoms with van der Waals surface area (Å²) in [4.78, 5) is 11.1. The highest BCUT2D eigenvalue weighted by atomic mass is 32.2. The van der Waals surface area contributed by atoms with Gasteiger partial charge in [0.05, 0.1) is 0 Å². The monoisotopic (exact) mass is 195 g/mol. The molecule has 0 aromatic heterocycles. The second-order valence-electron chi connectivity index (χ2n) is 2.93. The minimum absolute atomic E-state index is 0.0213. The molecule has 0 aliphatic rings. The fourth-order valence-electron chi connectivity index (χ4n) is 1.11. The van der Waals surface area contributed by atoms with Gasteiger partial charge in [-0.15, -0.1) is 0 Å². The third kappa shape index (κ3) is 2.77. The van der Waals surface area contributed by atoms with Gasteiger partial charge in [-0.3, -0.25) is 4.79 Å². The average Bonchev–Trinajstić information content (AvgIpc) is 2.09.